The molecule has 34 heavy (non-hydrogen) atoms. The molecule has 4 rings (SSSR count). The lowest BCUT2D eigenvalue weighted by Gasteiger charge is -2.25. The predicted molar refractivity (Wildman–Crippen MR) is 133 cm³/mol. The fraction of sp³-hybridized carbons (Fsp3) is 0.0400. The van der Waals surface area contributed by atoms with Crippen molar-refractivity contribution in [2.45, 2.75) is 5.54 Å². The number of hydrogen-bond acceptors (Lipinski definition) is 4. The van der Waals surface area contributed by atoms with Gasteiger partial charge in [-0.3, -0.25) is 9.79 Å². The van der Waals surface area contributed by atoms with Crippen molar-refractivity contribution >= 4 is 61.0 Å². The van der Waals surface area contributed by atoms with Crippen LogP contribution >= 0.6 is 31.9 Å². The molecule has 7 nitrogen and oxygen atoms in total. The Morgan fingerprint density at radius 1 is 0.941 bits per heavy atom. The van der Waals surface area contributed by atoms with E-state index in [1.165, 1.54) is 12.1 Å². The zero-order valence-corrected chi connectivity index (χ0v) is 20.5. The molecule has 0 fully saturated rings. The van der Waals surface area contributed by atoms with Crippen LogP contribution in [0, 0.1) is 0 Å². The van der Waals surface area contributed by atoms with Crippen molar-refractivity contribution in [2.24, 2.45) is 4.99 Å². The van der Waals surface area contributed by atoms with E-state index in [2.05, 4.69) is 42.2 Å². The fourth-order valence-electron chi connectivity index (χ4n) is 3.79. The molecule has 170 valence electrons. The van der Waals surface area contributed by atoms with E-state index in [1.54, 1.807) is 60.7 Å². The number of aliphatic carboxylic acids is 2. The highest BCUT2D eigenvalue weighted by molar-refractivity contribution is 9.11. The largest absolute Gasteiger partial charge is 0.479 e. The van der Waals surface area contributed by atoms with Gasteiger partial charge in [0.2, 0.25) is 5.54 Å². The van der Waals surface area contributed by atoms with Gasteiger partial charge < -0.3 is 15.5 Å². The normalized spacial score (nSPS) is 16.7. The Morgan fingerprint density at radius 3 is 2.35 bits per heavy atom. The number of carbonyl (C=O) groups is 3. The van der Waals surface area contributed by atoms with E-state index in [1.807, 2.05) is 0 Å². The highest BCUT2D eigenvalue weighted by atomic mass is 79.9. The van der Waals surface area contributed by atoms with Crippen molar-refractivity contribution in [3.05, 3.63) is 110 Å². The zero-order valence-electron chi connectivity index (χ0n) is 17.3. The van der Waals surface area contributed by atoms with E-state index in [0.717, 1.165) is 6.08 Å². The van der Waals surface area contributed by atoms with Crippen molar-refractivity contribution in [2.75, 3.05) is 5.32 Å². The van der Waals surface area contributed by atoms with E-state index in [4.69, 9.17) is 0 Å². The number of carboxylic acid groups (broad SMARTS) is 2. The third-order valence-corrected chi connectivity index (χ3v) is 6.33. The molecular formula is C25H16Br2N2O5. The summed E-state index contributed by atoms with van der Waals surface area (Å²) in [6, 6.07) is 18.4. The highest BCUT2D eigenvalue weighted by Crippen LogP contribution is 2.38. The van der Waals surface area contributed by atoms with Crippen LogP contribution in [0.3, 0.4) is 0 Å². The van der Waals surface area contributed by atoms with E-state index >= 15 is 0 Å². The molecule has 0 radical (unpaired) electrons. The number of carboxylic acids is 2. The topological polar surface area (TPSA) is 116 Å². The number of rotatable bonds is 6. The van der Waals surface area contributed by atoms with E-state index in [9.17, 15) is 24.6 Å². The van der Waals surface area contributed by atoms with Crippen molar-refractivity contribution in [1.29, 1.82) is 0 Å². The molecule has 0 aliphatic carbocycles. The second kappa shape index (κ2) is 9.36. The smallest absolute Gasteiger partial charge is 0.341 e. The molecule has 1 aliphatic heterocycles. The average molecular weight is 584 g/mol. The third kappa shape index (κ3) is 4.32. The number of anilines is 1. The van der Waals surface area contributed by atoms with Gasteiger partial charge in [-0.05, 0) is 64.0 Å². The Bertz CT molecular complexity index is 1480. The van der Waals surface area contributed by atoms with Crippen LogP contribution < -0.4 is 15.9 Å². The number of benzene rings is 3. The van der Waals surface area contributed by atoms with Gasteiger partial charge in [0.05, 0.1) is 5.36 Å². The minimum absolute atomic E-state index is 0.186. The Hall–Kier alpha value is -3.56. The lowest BCUT2D eigenvalue weighted by Crippen LogP contribution is -2.34. The number of nitrogens with zero attached hydrogens (tertiary/aromatic N) is 1. The summed E-state index contributed by atoms with van der Waals surface area (Å²) in [4.78, 5) is 41.3. The van der Waals surface area contributed by atoms with Gasteiger partial charge in [-0.25, -0.2) is 9.59 Å². The molecule has 1 amide bonds. The van der Waals surface area contributed by atoms with Crippen LogP contribution in [0.4, 0.5) is 5.69 Å². The standard InChI is InChI=1S/C25H16Br2N2O5/c26-16-12-18-19(9-10-21(30)31)25(24(33)34,29-22(18)20(27)13-16)15-7-4-8-17(11-15)28-23(32)14-5-2-1-3-6-14/h1-13H,(H,28,32)(H,30,31)(H,33,34). The van der Waals surface area contributed by atoms with Crippen LogP contribution in [0.15, 0.2) is 92.8 Å². The molecule has 0 aromatic heterocycles. The van der Waals surface area contributed by atoms with Crippen LogP contribution in [-0.4, -0.2) is 28.1 Å². The average Bonchev–Trinajstić information content (AvgIpc) is 3.14. The van der Waals surface area contributed by atoms with Gasteiger partial charge >= 0.3 is 11.9 Å². The van der Waals surface area contributed by atoms with Crippen LogP contribution in [-0.2, 0) is 15.1 Å². The molecule has 9 heteroatoms. The molecule has 1 aliphatic rings. The van der Waals surface area contributed by atoms with E-state index < -0.39 is 17.5 Å². The second-order valence-electron chi connectivity index (χ2n) is 7.40. The summed E-state index contributed by atoms with van der Waals surface area (Å²) in [5, 5.41) is 23.3. The van der Waals surface area contributed by atoms with E-state index in [-0.39, 0.29) is 17.0 Å². The summed E-state index contributed by atoms with van der Waals surface area (Å²) >= 11 is 6.82. The van der Waals surface area contributed by atoms with Gasteiger partial charge in [0.25, 0.3) is 5.91 Å². The van der Waals surface area contributed by atoms with Crippen molar-refractivity contribution in [3.63, 3.8) is 0 Å². The number of fused-ring (bicyclic) bond motifs is 1. The third-order valence-electron chi connectivity index (χ3n) is 5.26. The summed E-state index contributed by atoms with van der Waals surface area (Å²) in [5.41, 5.74) is -0.657. The first-order valence-corrected chi connectivity index (χ1v) is 11.5. The van der Waals surface area contributed by atoms with Crippen LogP contribution in [0.5, 0.6) is 0 Å². The first-order chi connectivity index (χ1) is 16.2. The Labute approximate surface area is 210 Å². The van der Waals surface area contributed by atoms with E-state index in [0.29, 0.717) is 30.8 Å². The molecule has 3 N–H and O–H groups in total. The van der Waals surface area contributed by atoms with Gasteiger partial charge in [-0.2, -0.15) is 0 Å². The lowest BCUT2D eigenvalue weighted by atomic mass is 9.82. The summed E-state index contributed by atoms with van der Waals surface area (Å²) in [6.07, 6.45) is 2.13. The first-order valence-electron chi connectivity index (χ1n) is 9.93. The molecule has 1 unspecified atom stereocenters. The minimum Gasteiger partial charge on any atom is -0.479 e. The monoisotopic (exact) mass is 582 g/mol. The van der Waals surface area contributed by atoms with Gasteiger partial charge in [0.15, 0.2) is 0 Å². The number of carbonyl (C=O) groups excluding carboxylic acids is 1. The lowest BCUT2D eigenvalue weighted by molar-refractivity contribution is -0.141. The summed E-state index contributed by atoms with van der Waals surface area (Å²) in [7, 11) is 0. The fourth-order valence-corrected chi connectivity index (χ4v) is 5.11. The molecule has 3 aromatic rings. The molecule has 1 atom stereocenters. The van der Waals surface area contributed by atoms with Crippen LogP contribution in [0.25, 0.3) is 5.57 Å². The van der Waals surface area contributed by atoms with Crippen molar-refractivity contribution in [3.8, 4) is 0 Å². The number of halogens is 2. The molecule has 1 heterocycles. The van der Waals surface area contributed by atoms with Crippen molar-refractivity contribution in [1.82, 2.24) is 0 Å². The molecule has 0 saturated heterocycles. The SMILES string of the molecule is O=C(O)C=CC1=c2cc(Br)cc(Br)c2=NC1(C(=O)O)c1cccc(NC(=O)c2ccccc2)c1. The number of hydrogen-bond donors (Lipinski definition) is 3. The van der Waals surface area contributed by atoms with Gasteiger partial charge in [-0.1, -0.05) is 46.3 Å². The highest BCUT2D eigenvalue weighted by Gasteiger charge is 2.46. The number of amides is 1. The quantitative estimate of drug-likeness (QED) is 0.381. The van der Waals surface area contributed by atoms with Gasteiger partial charge in [0.1, 0.15) is 0 Å². The Kier molecular flexibility index (Phi) is 6.49. The summed E-state index contributed by atoms with van der Waals surface area (Å²) in [6.45, 7) is 0. The molecule has 0 spiro atoms. The maximum atomic E-state index is 12.8. The maximum absolute atomic E-state index is 12.8. The first kappa shape index (κ1) is 23.6. The van der Waals surface area contributed by atoms with Gasteiger partial charge in [-0.15, -0.1) is 0 Å². The van der Waals surface area contributed by atoms with Crippen LogP contribution in [0.2, 0.25) is 0 Å². The molecule has 0 saturated carbocycles. The van der Waals surface area contributed by atoms with Crippen LogP contribution in [0.1, 0.15) is 15.9 Å². The molecular weight excluding hydrogens is 568 g/mol. The van der Waals surface area contributed by atoms with Gasteiger partial charge in [0, 0.05) is 37.1 Å². The maximum Gasteiger partial charge on any atom is 0.341 e. The molecule has 3 aromatic carbocycles. The molecule has 0 bridgehead atoms. The second-order valence-corrected chi connectivity index (χ2v) is 9.17. The summed E-state index contributed by atoms with van der Waals surface area (Å²) < 4.78 is 1.22. The zero-order chi connectivity index (χ0) is 24.5. The minimum atomic E-state index is -1.93. The van der Waals surface area contributed by atoms with Crippen molar-refractivity contribution < 1.29 is 24.6 Å². The Balaban J connectivity index is 1.90. The number of nitrogens with one attached hydrogen (secondary N) is 1. The predicted octanol–water partition coefficient (Wildman–Crippen LogP) is 3.87. The summed E-state index contributed by atoms with van der Waals surface area (Å²) in [5.74, 6) is -2.86. The Morgan fingerprint density at radius 2 is 1.68 bits per heavy atom.